The van der Waals surface area contributed by atoms with Gasteiger partial charge in [0, 0.05) is 22.7 Å². The summed E-state index contributed by atoms with van der Waals surface area (Å²) in [5.74, 6) is 0.0709. The molecular formula is C15H16N2OS. The molecule has 2 N–H and O–H groups in total. The number of aryl methyl sites for hydroxylation is 1. The summed E-state index contributed by atoms with van der Waals surface area (Å²) in [6.07, 6.45) is 3.29. The number of nitrogens with zero attached hydrogens (tertiary/aromatic N) is 1. The molecule has 1 aromatic heterocycles. The number of rotatable bonds is 1. The van der Waals surface area contributed by atoms with Gasteiger partial charge in [0.05, 0.1) is 5.69 Å². The molecule has 0 saturated heterocycles. The number of hydrogen-bond acceptors (Lipinski definition) is 3. The lowest BCUT2D eigenvalue weighted by Crippen LogP contribution is -2.31. The van der Waals surface area contributed by atoms with Crippen LogP contribution in [-0.4, -0.2) is 12.5 Å². The Hall–Kier alpha value is -1.81. The smallest absolute Gasteiger partial charge is 0.258 e. The van der Waals surface area contributed by atoms with Crippen molar-refractivity contribution in [1.82, 2.24) is 0 Å². The van der Waals surface area contributed by atoms with Crippen LogP contribution < -0.4 is 10.6 Å². The van der Waals surface area contributed by atoms with E-state index in [0.29, 0.717) is 11.3 Å². The van der Waals surface area contributed by atoms with Crippen molar-refractivity contribution in [3.8, 4) is 0 Å². The molecule has 3 nitrogen and oxygen atoms in total. The second-order valence-electron chi connectivity index (χ2n) is 4.76. The second-order valence-corrected chi connectivity index (χ2v) is 5.77. The Kier molecular flexibility index (Phi) is 3.25. The first-order chi connectivity index (χ1) is 9.25. The molecular weight excluding hydrogens is 256 g/mol. The number of nitrogen functional groups attached to an aromatic ring is 1. The van der Waals surface area contributed by atoms with Crippen LogP contribution in [0.25, 0.3) is 0 Å². The maximum Gasteiger partial charge on any atom is 0.258 e. The van der Waals surface area contributed by atoms with Gasteiger partial charge in [-0.15, -0.1) is 11.3 Å². The van der Waals surface area contributed by atoms with E-state index in [0.717, 1.165) is 31.5 Å². The fraction of sp³-hybridized carbons (Fsp3) is 0.267. The zero-order chi connectivity index (χ0) is 13.2. The number of carbonyl (C=O) groups is 1. The van der Waals surface area contributed by atoms with Crippen LogP contribution in [0.1, 0.15) is 28.1 Å². The minimum Gasteiger partial charge on any atom is -0.399 e. The largest absolute Gasteiger partial charge is 0.399 e. The zero-order valence-electron chi connectivity index (χ0n) is 10.6. The van der Waals surface area contributed by atoms with Crippen molar-refractivity contribution in [2.75, 3.05) is 17.2 Å². The highest BCUT2D eigenvalue weighted by atomic mass is 32.1. The standard InChI is InChI=1S/C15H16N2OS/c16-12-6-4-11(5-7-12)15(18)17-9-2-1-3-14-13(17)8-10-19-14/h4-8,10H,1-3,9,16H2. The summed E-state index contributed by atoms with van der Waals surface area (Å²) in [7, 11) is 0. The molecule has 1 aliphatic heterocycles. The van der Waals surface area contributed by atoms with E-state index in [2.05, 4.69) is 11.4 Å². The highest BCUT2D eigenvalue weighted by Gasteiger charge is 2.22. The van der Waals surface area contributed by atoms with E-state index >= 15 is 0 Å². The molecule has 19 heavy (non-hydrogen) atoms. The van der Waals surface area contributed by atoms with Crippen molar-refractivity contribution in [2.45, 2.75) is 19.3 Å². The predicted octanol–water partition coefficient (Wildman–Crippen LogP) is 3.31. The second kappa shape index (κ2) is 5.05. The van der Waals surface area contributed by atoms with Gasteiger partial charge in [-0.2, -0.15) is 0 Å². The van der Waals surface area contributed by atoms with Gasteiger partial charge >= 0.3 is 0 Å². The summed E-state index contributed by atoms with van der Waals surface area (Å²) in [5, 5.41) is 2.07. The Labute approximate surface area is 116 Å². The van der Waals surface area contributed by atoms with Crippen molar-refractivity contribution < 1.29 is 4.79 Å². The van der Waals surface area contributed by atoms with Crippen LogP contribution in [0.3, 0.4) is 0 Å². The lowest BCUT2D eigenvalue weighted by atomic mass is 10.1. The Morgan fingerprint density at radius 3 is 2.74 bits per heavy atom. The molecule has 0 radical (unpaired) electrons. The summed E-state index contributed by atoms with van der Waals surface area (Å²) in [5.41, 5.74) is 8.14. The molecule has 0 bridgehead atoms. The lowest BCUT2D eigenvalue weighted by Gasteiger charge is -2.21. The van der Waals surface area contributed by atoms with Crippen molar-refractivity contribution in [3.05, 3.63) is 46.2 Å². The molecule has 3 rings (SSSR count). The van der Waals surface area contributed by atoms with Crippen LogP contribution in [0.2, 0.25) is 0 Å². The predicted molar refractivity (Wildman–Crippen MR) is 79.8 cm³/mol. The zero-order valence-corrected chi connectivity index (χ0v) is 11.5. The van der Waals surface area contributed by atoms with Gasteiger partial charge in [-0.05, 0) is 55.0 Å². The van der Waals surface area contributed by atoms with Crippen LogP contribution in [0, 0.1) is 0 Å². The summed E-state index contributed by atoms with van der Waals surface area (Å²) in [4.78, 5) is 15.8. The maximum absolute atomic E-state index is 12.6. The number of anilines is 2. The van der Waals surface area contributed by atoms with E-state index in [1.807, 2.05) is 4.90 Å². The molecule has 1 aromatic carbocycles. The third-order valence-electron chi connectivity index (χ3n) is 3.45. The van der Waals surface area contributed by atoms with Gasteiger partial charge in [0.2, 0.25) is 0 Å². The van der Waals surface area contributed by atoms with E-state index in [-0.39, 0.29) is 5.91 Å². The minimum absolute atomic E-state index is 0.0709. The van der Waals surface area contributed by atoms with E-state index < -0.39 is 0 Å². The first kappa shape index (κ1) is 12.2. The SMILES string of the molecule is Nc1ccc(C(=O)N2CCCCc3sccc32)cc1. The molecule has 1 aliphatic rings. The normalized spacial score (nSPS) is 14.8. The topological polar surface area (TPSA) is 46.3 Å². The number of nitrogens with two attached hydrogens (primary N) is 1. The highest BCUT2D eigenvalue weighted by Crippen LogP contribution is 2.32. The summed E-state index contributed by atoms with van der Waals surface area (Å²) < 4.78 is 0. The van der Waals surface area contributed by atoms with Crippen LogP contribution in [0.4, 0.5) is 11.4 Å². The van der Waals surface area contributed by atoms with Gasteiger partial charge < -0.3 is 10.6 Å². The summed E-state index contributed by atoms with van der Waals surface area (Å²) in [6, 6.07) is 9.21. The molecule has 0 spiro atoms. The van der Waals surface area contributed by atoms with Crippen LogP contribution in [0.15, 0.2) is 35.7 Å². The van der Waals surface area contributed by atoms with Crippen molar-refractivity contribution in [1.29, 1.82) is 0 Å². The highest BCUT2D eigenvalue weighted by molar-refractivity contribution is 7.10. The molecule has 0 fully saturated rings. The molecule has 98 valence electrons. The average Bonchev–Trinajstić information content (AvgIpc) is 2.79. The molecule has 0 aliphatic carbocycles. The summed E-state index contributed by atoms with van der Waals surface area (Å²) in [6.45, 7) is 0.799. The Morgan fingerprint density at radius 1 is 1.16 bits per heavy atom. The van der Waals surface area contributed by atoms with Crippen LogP contribution >= 0.6 is 11.3 Å². The monoisotopic (exact) mass is 272 g/mol. The third-order valence-corrected chi connectivity index (χ3v) is 4.42. The van der Waals surface area contributed by atoms with E-state index in [1.165, 1.54) is 4.88 Å². The van der Waals surface area contributed by atoms with E-state index in [4.69, 9.17) is 5.73 Å². The minimum atomic E-state index is 0.0709. The number of benzene rings is 1. The maximum atomic E-state index is 12.6. The molecule has 2 aromatic rings. The van der Waals surface area contributed by atoms with Gasteiger partial charge in [-0.3, -0.25) is 4.79 Å². The first-order valence-electron chi connectivity index (χ1n) is 6.49. The molecule has 0 unspecified atom stereocenters. The molecule has 2 heterocycles. The van der Waals surface area contributed by atoms with Gasteiger partial charge in [0.15, 0.2) is 0 Å². The average molecular weight is 272 g/mol. The quantitative estimate of drug-likeness (QED) is 0.809. The first-order valence-corrected chi connectivity index (χ1v) is 7.37. The number of carbonyl (C=O) groups excluding carboxylic acids is 1. The molecule has 0 saturated carbocycles. The van der Waals surface area contributed by atoms with Crippen LogP contribution in [-0.2, 0) is 6.42 Å². The fourth-order valence-electron chi connectivity index (χ4n) is 2.43. The Bertz CT molecular complexity index is 588. The van der Waals surface area contributed by atoms with E-state index in [1.54, 1.807) is 35.6 Å². The van der Waals surface area contributed by atoms with Crippen molar-refractivity contribution in [3.63, 3.8) is 0 Å². The van der Waals surface area contributed by atoms with E-state index in [9.17, 15) is 4.79 Å². The molecule has 4 heteroatoms. The van der Waals surface area contributed by atoms with Gasteiger partial charge in [0.1, 0.15) is 0 Å². The number of thiophene rings is 1. The fourth-order valence-corrected chi connectivity index (χ4v) is 3.35. The molecule has 0 atom stereocenters. The van der Waals surface area contributed by atoms with Gasteiger partial charge in [-0.25, -0.2) is 0 Å². The number of amides is 1. The summed E-state index contributed by atoms with van der Waals surface area (Å²) >= 11 is 1.74. The number of fused-ring (bicyclic) bond motifs is 1. The number of hydrogen-bond donors (Lipinski definition) is 1. The van der Waals surface area contributed by atoms with Gasteiger partial charge in [-0.1, -0.05) is 0 Å². The molecule has 1 amide bonds. The van der Waals surface area contributed by atoms with Crippen molar-refractivity contribution >= 4 is 28.6 Å². The van der Waals surface area contributed by atoms with Crippen LogP contribution in [0.5, 0.6) is 0 Å². The Balaban J connectivity index is 1.94. The van der Waals surface area contributed by atoms with Crippen molar-refractivity contribution in [2.24, 2.45) is 0 Å². The Morgan fingerprint density at radius 2 is 1.95 bits per heavy atom. The third kappa shape index (κ3) is 2.36. The van der Waals surface area contributed by atoms with Gasteiger partial charge in [0.25, 0.3) is 5.91 Å². The lowest BCUT2D eigenvalue weighted by molar-refractivity contribution is 0.0987.